The van der Waals surface area contributed by atoms with Crippen LogP contribution in [-0.2, 0) is 6.54 Å². The molecule has 0 saturated carbocycles. The van der Waals surface area contributed by atoms with Crippen molar-refractivity contribution in [1.82, 2.24) is 15.2 Å². The van der Waals surface area contributed by atoms with Gasteiger partial charge in [0.05, 0.1) is 5.52 Å². The van der Waals surface area contributed by atoms with Crippen molar-refractivity contribution in [1.29, 1.82) is 0 Å². The second kappa shape index (κ2) is 6.70. The molecule has 2 aromatic carbocycles. The van der Waals surface area contributed by atoms with Crippen LogP contribution in [0.1, 0.15) is 5.56 Å². The molecule has 4 aromatic rings. The molecule has 0 aliphatic heterocycles. The molecule has 2 heterocycles. The lowest BCUT2D eigenvalue weighted by Crippen LogP contribution is -1.98. The molecule has 0 aliphatic rings. The lowest BCUT2D eigenvalue weighted by atomic mass is 10.2. The Morgan fingerprint density at radius 1 is 1.00 bits per heavy atom. The van der Waals surface area contributed by atoms with Crippen LogP contribution in [-0.4, -0.2) is 20.3 Å². The van der Waals surface area contributed by atoms with Crippen LogP contribution in [0.4, 0.5) is 16.0 Å². The maximum Gasteiger partial charge on any atom is 0.253 e. The SMILES string of the molecule is Oc1[nH]c2ccccc2c1N=Nc1nnc(NCc2ccccc2)s1. The fourth-order valence-electron chi connectivity index (χ4n) is 2.41. The normalized spacial score (nSPS) is 11.4. The van der Waals surface area contributed by atoms with Gasteiger partial charge in [-0.1, -0.05) is 59.9 Å². The van der Waals surface area contributed by atoms with E-state index in [-0.39, 0.29) is 5.88 Å². The number of aromatic hydroxyl groups is 1. The van der Waals surface area contributed by atoms with Crippen molar-refractivity contribution in [2.24, 2.45) is 10.2 Å². The number of H-pyrrole nitrogens is 1. The highest BCUT2D eigenvalue weighted by molar-refractivity contribution is 7.18. The Hall–Kier alpha value is -3.26. The van der Waals surface area contributed by atoms with Crippen LogP contribution in [0.5, 0.6) is 5.88 Å². The summed E-state index contributed by atoms with van der Waals surface area (Å²) in [5, 5.41) is 31.3. The Morgan fingerprint density at radius 3 is 2.68 bits per heavy atom. The van der Waals surface area contributed by atoms with E-state index in [1.165, 1.54) is 11.3 Å². The number of benzene rings is 2. The molecule has 0 fully saturated rings. The molecular formula is C17H14N6OS. The van der Waals surface area contributed by atoms with E-state index in [1.807, 2.05) is 54.6 Å². The average Bonchev–Trinajstić information content (AvgIpc) is 3.22. The van der Waals surface area contributed by atoms with Gasteiger partial charge >= 0.3 is 0 Å². The first-order valence-electron chi connectivity index (χ1n) is 7.62. The largest absolute Gasteiger partial charge is 0.493 e. The van der Waals surface area contributed by atoms with Gasteiger partial charge in [-0.25, -0.2) is 0 Å². The summed E-state index contributed by atoms with van der Waals surface area (Å²) in [5.74, 6) is -0.0168. The van der Waals surface area contributed by atoms with Gasteiger partial charge in [0.2, 0.25) is 11.0 Å². The third kappa shape index (κ3) is 3.33. The van der Waals surface area contributed by atoms with Crippen LogP contribution in [0, 0.1) is 0 Å². The number of azo groups is 1. The number of hydrogen-bond donors (Lipinski definition) is 3. The quantitative estimate of drug-likeness (QED) is 0.452. The molecular weight excluding hydrogens is 336 g/mol. The maximum absolute atomic E-state index is 9.97. The molecule has 2 aromatic heterocycles. The predicted octanol–water partition coefficient (Wildman–Crippen LogP) is 4.75. The molecule has 25 heavy (non-hydrogen) atoms. The molecule has 0 aliphatic carbocycles. The second-order valence-electron chi connectivity index (χ2n) is 5.30. The van der Waals surface area contributed by atoms with Crippen molar-refractivity contribution >= 4 is 38.2 Å². The summed E-state index contributed by atoms with van der Waals surface area (Å²) >= 11 is 1.30. The molecule has 124 valence electrons. The van der Waals surface area contributed by atoms with E-state index in [9.17, 15) is 5.11 Å². The topological polar surface area (TPSA) is 98.5 Å². The number of aromatic nitrogens is 3. The molecule has 3 N–H and O–H groups in total. The molecule has 8 heteroatoms. The van der Waals surface area contributed by atoms with E-state index >= 15 is 0 Å². The number of fused-ring (bicyclic) bond motifs is 1. The Kier molecular flexibility index (Phi) is 4.09. The predicted molar refractivity (Wildman–Crippen MR) is 97.8 cm³/mol. The van der Waals surface area contributed by atoms with Crippen molar-refractivity contribution in [3.8, 4) is 5.88 Å². The molecule has 0 radical (unpaired) electrons. The van der Waals surface area contributed by atoms with Crippen LogP contribution < -0.4 is 5.32 Å². The van der Waals surface area contributed by atoms with Crippen molar-refractivity contribution in [3.05, 3.63) is 60.2 Å². The summed E-state index contributed by atoms with van der Waals surface area (Å²) in [6.07, 6.45) is 0. The van der Waals surface area contributed by atoms with Crippen LogP contribution in [0.2, 0.25) is 0 Å². The fourth-order valence-corrected chi connectivity index (χ4v) is 2.97. The van der Waals surface area contributed by atoms with E-state index in [1.54, 1.807) is 0 Å². The summed E-state index contributed by atoms with van der Waals surface area (Å²) in [6.45, 7) is 0.663. The summed E-state index contributed by atoms with van der Waals surface area (Å²) < 4.78 is 0. The number of rotatable bonds is 5. The minimum Gasteiger partial charge on any atom is -0.493 e. The smallest absolute Gasteiger partial charge is 0.253 e. The third-order valence-electron chi connectivity index (χ3n) is 3.60. The maximum atomic E-state index is 9.97. The van der Waals surface area contributed by atoms with Gasteiger partial charge in [0, 0.05) is 11.9 Å². The Morgan fingerprint density at radius 2 is 1.80 bits per heavy atom. The third-order valence-corrected chi connectivity index (χ3v) is 4.36. The molecule has 7 nitrogen and oxygen atoms in total. The van der Waals surface area contributed by atoms with Gasteiger partial charge in [0.25, 0.3) is 5.13 Å². The lowest BCUT2D eigenvalue weighted by molar-refractivity contribution is 0.459. The first-order valence-corrected chi connectivity index (χ1v) is 8.44. The van der Waals surface area contributed by atoms with Crippen molar-refractivity contribution in [3.63, 3.8) is 0 Å². The Labute approximate surface area is 147 Å². The molecule has 0 atom stereocenters. The van der Waals surface area contributed by atoms with E-state index in [4.69, 9.17) is 0 Å². The molecule has 0 amide bonds. The second-order valence-corrected chi connectivity index (χ2v) is 6.25. The molecule has 0 unspecified atom stereocenters. The number of para-hydroxylation sites is 1. The molecule has 4 rings (SSSR count). The monoisotopic (exact) mass is 350 g/mol. The first-order chi connectivity index (χ1) is 12.3. The minimum absolute atomic E-state index is 0.0168. The number of nitrogens with one attached hydrogen (secondary N) is 2. The highest BCUT2D eigenvalue weighted by Gasteiger charge is 2.10. The lowest BCUT2D eigenvalue weighted by Gasteiger charge is -2.00. The van der Waals surface area contributed by atoms with E-state index in [0.717, 1.165) is 16.5 Å². The number of anilines is 1. The average molecular weight is 350 g/mol. The van der Waals surface area contributed by atoms with Crippen LogP contribution in [0.25, 0.3) is 10.9 Å². The van der Waals surface area contributed by atoms with Crippen molar-refractivity contribution in [2.75, 3.05) is 5.32 Å². The first kappa shape index (κ1) is 15.3. The van der Waals surface area contributed by atoms with E-state index in [0.29, 0.717) is 22.5 Å². The fraction of sp³-hybridized carbons (Fsp3) is 0.0588. The Balaban J connectivity index is 1.49. The van der Waals surface area contributed by atoms with E-state index < -0.39 is 0 Å². The summed E-state index contributed by atoms with van der Waals surface area (Å²) in [4.78, 5) is 2.86. The Bertz CT molecular complexity index is 1020. The van der Waals surface area contributed by atoms with E-state index in [2.05, 4.69) is 30.7 Å². The van der Waals surface area contributed by atoms with Gasteiger partial charge in [-0.15, -0.1) is 20.4 Å². The van der Waals surface area contributed by atoms with Gasteiger partial charge in [-0.2, -0.15) is 0 Å². The highest BCUT2D eigenvalue weighted by Crippen LogP contribution is 2.36. The zero-order valence-electron chi connectivity index (χ0n) is 13.0. The zero-order chi connectivity index (χ0) is 17.1. The van der Waals surface area contributed by atoms with Crippen molar-refractivity contribution < 1.29 is 5.11 Å². The molecule has 0 saturated heterocycles. The van der Waals surface area contributed by atoms with Gasteiger partial charge < -0.3 is 15.4 Å². The number of aromatic amines is 1. The minimum atomic E-state index is -0.0168. The highest BCUT2D eigenvalue weighted by atomic mass is 32.1. The van der Waals surface area contributed by atoms with Gasteiger partial charge in [0.15, 0.2) is 5.69 Å². The molecule has 0 bridgehead atoms. The summed E-state index contributed by atoms with van der Waals surface area (Å²) in [6, 6.07) is 17.5. The van der Waals surface area contributed by atoms with Gasteiger partial charge in [0.1, 0.15) is 0 Å². The summed E-state index contributed by atoms with van der Waals surface area (Å²) in [7, 11) is 0. The van der Waals surface area contributed by atoms with Crippen LogP contribution in [0.3, 0.4) is 0 Å². The zero-order valence-corrected chi connectivity index (χ0v) is 13.9. The van der Waals surface area contributed by atoms with Crippen LogP contribution in [0.15, 0.2) is 64.8 Å². The number of hydrogen-bond acceptors (Lipinski definition) is 7. The summed E-state index contributed by atoms with van der Waals surface area (Å²) in [5.41, 5.74) is 2.35. The standard InChI is InChI=1S/C17H14N6OS/c24-15-14(12-8-4-5-9-13(12)19-15)20-22-17-23-21-16(25-17)18-10-11-6-2-1-3-7-11/h1-9,19,24H,10H2,(H,18,21). The van der Waals surface area contributed by atoms with Gasteiger partial charge in [-0.3, -0.25) is 0 Å². The van der Waals surface area contributed by atoms with Crippen LogP contribution >= 0.6 is 11.3 Å². The number of nitrogens with zero attached hydrogens (tertiary/aromatic N) is 4. The molecule has 0 spiro atoms. The van der Waals surface area contributed by atoms with Gasteiger partial charge in [-0.05, 0) is 11.6 Å². The van der Waals surface area contributed by atoms with Crippen molar-refractivity contribution in [2.45, 2.75) is 6.54 Å².